The number of hydrogen-bond donors (Lipinski definition) is 1. The molecule has 174 valence electrons. The highest BCUT2D eigenvalue weighted by Gasteiger charge is 2.31. The van der Waals surface area contributed by atoms with Crippen LogP contribution in [0.15, 0.2) is 60.7 Å². The van der Waals surface area contributed by atoms with Gasteiger partial charge >= 0.3 is 0 Å². The lowest BCUT2D eigenvalue weighted by Gasteiger charge is -2.36. The summed E-state index contributed by atoms with van der Waals surface area (Å²) in [6, 6.07) is 18.3. The SMILES string of the molecule is O=C(NC(CC(=O)N1CCC(C(=O)N2CCCCC2)CC1)c1ccccc1)c1ccccc1. The standard InChI is InChI=1S/C27H33N3O3/c31-25(29-18-14-23(15-19-29)27(33)30-16-8-3-9-17-30)20-24(21-10-4-1-5-11-21)28-26(32)22-12-6-2-7-13-22/h1-2,4-7,10-13,23-24H,3,8-9,14-20H2,(H,28,32). The van der Waals surface area contributed by atoms with Gasteiger partial charge in [-0.3, -0.25) is 14.4 Å². The maximum atomic E-state index is 13.2. The van der Waals surface area contributed by atoms with E-state index < -0.39 is 6.04 Å². The first-order valence-corrected chi connectivity index (χ1v) is 12.1. The molecule has 33 heavy (non-hydrogen) atoms. The van der Waals surface area contributed by atoms with Gasteiger partial charge in [-0.25, -0.2) is 0 Å². The Labute approximate surface area is 196 Å². The van der Waals surface area contributed by atoms with E-state index in [1.165, 1.54) is 6.42 Å². The zero-order valence-corrected chi connectivity index (χ0v) is 19.1. The van der Waals surface area contributed by atoms with Crippen LogP contribution >= 0.6 is 0 Å². The first kappa shape index (κ1) is 23.0. The lowest BCUT2D eigenvalue weighted by molar-refractivity contribution is -0.141. The lowest BCUT2D eigenvalue weighted by Crippen LogP contribution is -2.46. The Morgan fingerprint density at radius 1 is 0.788 bits per heavy atom. The first-order valence-electron chi connectivity index (χ1n) is 12.1. The van der Waals surface area contributed by atoms with Gasteiger partial charge < -0.3 is 15.1 Å². The largest absolute Gasteiger partial charge is 0.345 e. The van der Waals surface area contributed by atoms with Gasteiger partial charge in [-0.15, -0.1) is 0 Å². The highest BCUT2D eigenvalue weighted by Crippen LogP contribution is 2.24. The van der Waals surface area contributed by atoms with Crippen molar-refractivity contribution in [3.8, 4) is 0 Å². The van der Waals surface area contributed by atoms with Crippen LogP contribution in [0.1, 0.15) is 60.5 Å². The Bertz CT molecular complexity index is 934. The van der Waals surface area contributed by atoms with E-state index in [2.05, 4.69) is 5.32 Å². The molecule has 6 heteroatoms. The third-order valence-corrected chi connectivity index (χ3v) is 6.79. The molecule has 2 aliphatic rings. The fourth-order valence-electron chi connectivity index (χ4n) is 4.82. The van der Waals surface area contributed by atoms with E-state index in [0.29, 0.717) is 31.5 Å². The van der Waals surface area contributed by atoms with E-state index in [1.54, 1.807) is 12.1 Å². The van der Waals surface area contributed by atoms with Crippen molar-refractivity contribution in [3.05, 3.63) is 71.8 Å². The van der Waals surface area contributed by atoms with Crippen molar-refractivity contribution in [2.24, 2.45) is 5.92 Å². The average Bonchev–Trinajstić information content (AvgIpc) is 2.89. The molecule has 4 rings (SSSR count). The summed E-state index contributed by atoms with van der Waals surface area (Å²) in [6.45, 7) is 2.93. The van der Waals surface area contributed by atoms with Crippen LogP contribution in [-0.2, 0) is 9.59 Å². The third kappa shape index (κ3) is 6.01. The summed E-state index contributed by atoms with van der Waals surface area (Å²) < 4.78 is 0. The number of amides is 3. The molecule has 0 aliphatic carbocycles. The molecule has 2 aromatic carbocycles. The minimum Gasteiger partial charge on any atom is -0.345 e. The smallest absolute Gasteiger partial charge is 0.251 e. The van der Waals surface area contributed by atoms with Gasteiger partial charge in [-0.2, -0.15) is 0 Å². The number of carbonyl (C=O) groups excluding carboxylic acids is 3. The van der Waals surface area contributed by atoms with Gasteiger partial charge in [0, 0.05) is 37.7 Å². The quantitative estimate of drug-likeness (QED) is 0.732. The van der Waals surface area contributed by atoms with Gasteiger partial charge in [0.25, 0.3) is 5.91 Å². The molecular weight excluding hydrogens is 414 g/mol. The molecular formula is C27H33N3O3. The van der Waals surface area contributed by atoms with E-state index in [9.17, 15) is 14.4 Å². The number of nitrogens with zero attached hydrogens (tertiary/aromatic N) is 2. The van der Waals surface area contributed by atoms with E-state index in [4.69, 9.17) is 0 Å². The van der Waals surface area contributed by atoms with E-state index >= 15 is 0 Å². The zero-order valence-electron chi connectivity index (χ0n) is 19.1. The van der Waals surface area contributed by atoms with Gasteiger partial charge in [0.1, 0.15) is 0 Å². The Morgan fingerprint density at radius 3 is 2.03 bits per heavy atom. The van der Waals surface area contributed by atoms with Crippen LogP contribution in [0.4, 0.5) is 0 Å². The summed E-state index contributed by atoms with van der Waals surface area (Å²) in [7, 11) is 0. The number of piperidine rings is 2. The van der Waals surface area contributed by atoms with Crippen molar-refractivity contribution in [1.29, 1.82) is 0 Å². The normalized spacial score (nSPS) is 17.9. The van der Waals surface area contributed by atoms with Gasteiger partial charge in [-0.1, -0.05) is 48.5 Å². The molecule has 1 N–H and O–H groups in total. The maximum Gasteiger partial charge on any atom is 0.251 e. The van der Waals surface area contributed by atoms with Crippen molar-refractivity contribution in [2.75, 3.05) is 26.2 Å². The van der Waals surface area contributed by atoms with Gasteiger partial charge in [0.15, 0.2) is 0 Å². The topological polar surface area (TPSA) is 69.7 Å². The van der Waals surface area contributed by atoms with E-state index in [1.807, 2.05) is 58.3 Å². The van der Waals surface area contributed by atoms with Gasteiger partial charge in [-0.05, 0) is 49.8 Å². The predicted molar refractivity (Wildman–Crippen MR) is 127 cm³/mol. The monoisotopic (exact) mass is 447 g/mol. The number of hydrogen-bond acceptors (Lipinski definition) is 3. The van der Waals surface area contributed by atoms with Crippen LogP contribution in [0.2, 0.25) is 0 Å². The third-order valence-electron chi connectivity index (χ3n) is 6.79. The Hall–Kier alpha value is -3.15. The fraction of sp³-hybridized carbons (Fsp3) is 0.444. The summed E-state index contributed by atoms with van der Waals surface area (Å²) >= 11 is 0. The number of carbonyl (C=O) groups is 3. The molecule has 2 heterocycles. The summed E-state index contributed by atoms with van der Waals surface area (Å²) in [5.41, 5.74) is 1.48. The van der Waals surface area contributed by atoms with Crippen LogP contribution < -0.4 is 5.32 Å². The van der Waals surface area contributed by atoms with Crippen LogP contribution in [0, 0.1) is 5.92 Å². The number of rotatable bonds is 6. The minimum atomic E-state index is -0.404. The maximum absolute atomic E-state index is 13.2. The molecule has 0 bridgehead atoms. The van der Waals surface area contributed by atoms with Gasteiger partial charge in [0.05, 0.1) is 12.5 Å². The van der Waals surface area contributed by atoms with Crippen LogP contribution in [0.5, 0.6) is 0 Å². The molecule has 1 atom stereocenters. The highest BCUT2D eigenvalue weighted by atomic mass is 16.2. The molecule has 1 unspecified atom stereocenters. The van der Waals surface area contributed by atoms with Crippen LogP contribution in [0.25, 0.3) is 0 Å². The Kier molecular flexibility index (Phi) is 7.76. The molecule has 0 spiro atoms. The zero-order chi connectivity index (χ0) is 23.0. The first-order chi connectivity index (χ1) is 16.1. The van der Waals surface area contributed by atoms with E-state index in [-0.39, 0.29) is 30.1 Å². The lowest BCUT2D eigenvalue weighted by atomic mass is 9.93. The molecule has 3 amide bonds. The van der Waals surface area contributed by atoms with Gasteiger partial charge in [0.2, 0.25) is 11.8 Å². The molecule has 2 saturated heterocycles. The average molecular weight is 448 g/mol. The molecule has 0 saturated carbocycles. The second-order valence-corrected chi connectivity index (χ2v) is 9.05. The van der Waals surface area contributed by atoms with Crippen molar-refractivity contribution in [1.82, 2.24) is 15.1 Å². The van der Waals surface area contributed by atoms with E-state index in [0.717, 1.165) is 31.5 Å². The minimum absolute atomic E-state index is 0.0149. The Balaban J connectivity index is 1.36. The van der Waals surface area contributed by atoms with Crippen LogP contribution in [0.3, 0.4) is 0 Å². The number of nitrogens with one attached hydrogen (secondary N) is 1. The molecule has 2 fully saturated rings. The van der Waals surface area contributed by atoms with Crippen molar-refractivity contribution in [3.63, 3.8) is 0 Å². The molecule has 2 aromatic rings. The summed E-state index contributed by atoms with van der Waals surface area (Å²) in [5.74, 6) is 0.109. The second kappa shape index (κ2) is 11.1. The molecule has 0 radical (unpaired) electrons. The molecule has 0 aromatic heterocycles. The number of benzene rings is 2. The Morgan fingerprint density at radius 2 is 1.39 bits per heavy atom. The van der Waals surface area contributed by atoms with Crippen molar-refractivity contribution in [2.45, 2.75) is 44.6 Å². The van der Waals surface area contributed by atoms with Crippen molar-refractivity contribution < 1.29 is 14.4 Å². The summed E-state index contributed by atoms with van der Waals surface area (Å²) in [5, 5.41) is 3.04. The number of likely N-dealkylation sites (tertiary alicyclic amines) is 2. The summed E-state index contributed by atoms with van der Waals surface area (Å²) in [4.78, 5) is 42.6. The molecule has 6 nitrogen and oxygen atoms in total. The van der Waals surface area contributed by atoms with Crippen molar-refractivity contribution >= 4 is 17.7 Å². The molecule has 2 aliphatic heterocycles. The fourth-order valence-corrected chi connectivity index (χ4v) is 4.82. The second-order valence-electron chi connectivity index (χ2n) is 9.05. The highest BCUT2D eigenvalue weighted by molar-refractivity contribution is 5.94. The van der Waals surface area contributed by atoms with Crippen LogP contribution in [-0.4, -0.2) is 53.7 Å². The summed E-state index contributed by atoms with van der Waals surface area (Å²) in [6.07, 6.45) is 5.03. The predicted octanol–water partition coefficient (Wildman–Crippen LogP) is 3.80.